The number of halogens is 2. The highest BCUT2D eigenvalue weighted by Gasteiger charge is 2.31. The van der Waals surface area contributed by atoms with Crippen molar-refractivity contribution in [2.45, 2.75) is 12.5 Å². The molecule has 0 radical (unpaired) electrons. The van der Waals surface area contributed by atoms with Crippen molar-refractivity contribution in [3.05, 3.63) is 92.8 Å². The fourth-order valence-electron chi connectivity index (χ4n) is 3.56. The number of aromatic hydroxyl groups is 1. The molecule has 1 aliphatic rings. The lowest BCUT2D eigenvalue weighted by Gasteiger charge is -2.27. The second-order valence-corrected chi connectivity index (χ2v) is 7.93. The first kappa shape index (κ1) is 21.7. The van der Waals surface area contributed by atoms with E-state index in [0.29, 0.717) is 32.9 Å². The third kappa shape index (κ3) is 4.13. The van der Waals surface area contributed by atoms with E-state index < -0.39 is 5.92 Å². The van der Waals surface area contributed by atoms with Gasteiger partial charge in [0.25, 0.3) is 0 Å². The zero-order valence-electron chi connectivity index (χ0n) is 16.9. The van der Waals surface area contributed by atoms with Gasteiger partial charge in [-0.2, -0.15) is 5.26 Å². The highest BCUT2D eigenvalue weighted by Crippen LogP contribution is 2.45. The molecule has 6 nitrogen and oxygen atoms in total. The Labute approximate surface area is 195 Å². The molecule has 0 unspecified atom stereocenters. The molecule has 0 bridgehead atoms. The van der Waals surface area contributed by atoms with Crippen molar-refractivity contribution in [2.24, 2.45) is 5.73 Å². The van der Waals surface area contributed by atoms with E-state index in [1.54, 1.807) is 36.4 Å². The predicted octanol–water partition coefficient (Wildman–Crippen LogP) is 5.50. The molecule has 3 aromatic rings. The summed E-state index contributed by atoms with van der Waals surface area (Å²) in [4.78, 5) is 0. The standard InChI is InChI=1S/C24H18Cl2N2O4/c1-30-22-8-13(3-7-20(22)31-12-14-2-4-15(25)9-19(14)26)23-17-6-5-16(29)10-21(17)32-24(28)18(23)11-27/h2-10,23,29H,12,28H2,1H3/t23-/m0/s1. The molecule has 8 heteroatoms. The van der Waals surface area contributed by atoms with Crippen molar-refractivity contribution < 1.29 is 19.3 Å². The van der Waals surface area contributed by atoms with Gasteiger partial charge in [0.15, 0.2) is 11.5 Å². The van der Waals surface area contributed by atoms with Gasteiger partial charge in [-0.3, -0.25) is 0 Å². The average Bonchev–Trinajstić information content (AvgIpc) is 2.77. The van der Waals surface area contributed by atoms with Gasteiger partial charge in [-0.1, -0.05) is 41.4 Å². The number of fused-ring (bicyclic) bond motifs is 1. The van der Waals surface area contributed by atoms with Crippen LogP contribution in [-0.2, 0) is 6.61 Å². The third-order valence-electron chi connectivity index (χ3n) is 5.12. The van der Waals surface area contributed by atoms with Crippen LogP contribution >= 0.6 is 23.2 Å². The van der Waals surface area contributed by atoms with Crippen molar-refractivity contribution in [1.29, 1.82) is 5.26 Å². The van der Waals surface area contributed by atoms with Crippen molar-refractivity contribution in [1.82, 2.24) is 0 Å². The number of phenolic OH excluding ortho intramolecular Hbond substituents is 1. The normalized spacial score (nSPS) is 14.9. The van der Waals surface area contributed by atoms with Gasteiger partial charge in [-0.25, -0.2) is 0 Å². The Hall–Kier alpha value is -3.53. The van der Waals surface area contributed by atoms with Crippen LogP contribution in [0.1, 0.15) is 22.6 Å². The van der Waals surface area contributed by atoms with Crippen LogP contribution in [0.3, 0.4) is 0 Å². The molecule has 32 heavy (non-hydrogen) atoms. The number of nitrogens with zero attached hydrogens (tertiary/aromatic N) is 1. The first-order valence-corrected chi connectivity index (χ1v) is 10.3. The number of nitrogens with two attached hydrogens (primary N) is 1. The van der Waals surface area contributed by atoms with Gasteiger partial charge in [0.1, 0.15) is 29.7 Å². The molecule has 162 valence electrons. The number of benzene rings is 3. The average molecular weight is 469 g/mol. The third-order valence-corrected chi connectivity index (χ3v) is 5.71. The summed E-state index contributed by atoms with van der Waals surface area (Å²) < 4.78 is 17.0. The van der Waals surface area contributed by atoms with Crippen LogP contribution in [0.4, 0.5) is 0 Å². The van der Waals surface area contributed by atoms with E-state index in [0.717, 1.165) is 11.1 Å². The van der Waals surface area contributed by atoms with Crippen molar-refractivity contribution in [2.75, 3.05) is 7.11 Å². The summed E-state index contributed by atoms with van der Waals surface area (Å²) in [7, 11) is 1.53. The summed E-state index contributed by atoms with van der Waals surface area (Å²) in [6.45, 7) is 0.224. The Morgan fingerprint density at radius 1 is 1.09 bits per heavy atom. The zero-order valence-corrected chi connectivity index (χ0v) is 18.4. The van der Waals surface area contributed by atoms with Gasteiger partial charge in [-0.15, -0.1) is 0 Å². The van der Waals surface area contributed by atoms with Crippen LogP contribution < -0.4 is 19.9 Å². The summed E-state index contributed by atoms with van der Waals surface area (Å²) in [5.74, 6) is 0.928. The van der Waals surface area contributed by atoms with Crippen LogP contribution in [0.15, 0.2) is 66.1 Å². The summed E-state index contributed by atoms with van der Waals surface area (Å²) in [6, 6.07) is 17.4. The fourth-order valence-corrected chi connectivity index (χ4v) is 4.03. The van der Waals surface area contributed by atoms with Gasteiger partial charge in [0, 0.05) is 27.2 Å². The minimum absolute atomic E-state index is 0.00715. The molecule has 0 spiro atoms. The molecule has 1 aliphatic heterocycles. The monoisotopic (exact) mass is 468 g/mol. The van der Waals surface area contributed by atoms with Gasteiger partial charge < -0.3 is 25.1 Å². The Kier molecular flexibility index (Phi) is 6.04. The Morgan fingerprint density at radius 2 is 1.91 bits per heavy atom. The van der Waals surface area contributed by atoms with Crippen LogP contribution in [0.5, 0.6) is 23.0 Å². The van der Waals surface area contributed by atoms with E-state index in [1.807, 2.05) is 6.07 Å². The van der Waals surface area contributed by atoms with Gasteiger partial charge >= 0.3 is 0 Å². The number of rotatable bonds is 5. The number of methoxy groups -OCH3 is 1. The smallest absolute Gasteiger partial charge is 0.205 e. The van der Waals surface area contributed by atoms with Crippen LogP contribution in [0.2, 0.25) is 10.0 Å². The maximum Gasteiger partial charge on any atom is 0.205 e. The van der Waals surface area contributed by atoms with Crippen molar-refractivity contribution in [3.63, 3.8) is 0 Å². The van der Waals surface area contributed by atoms with E-state index in [2.05, 4.69) is 6.07 Å². The Bertz CT molecular complexity index is 1270. The van der Waals surface area contributed by atoms with Gasteiger partial charge in [0.05, 0.1) is 13.0 Å². The number of ether oxygens (including phenoxy) is 3. The highest BCUT2D eigenvalue weighted by molar-refractivity contribution is 6.35. The van der Waals surface area contributed by atoms with E-state index >= 15 is 0 Å². The molecule has 3 N–H and O–H groups in total. The zero-order chi connectivity index (χ0) is 22.8. The molecule has 0 aliphatic carbocycles. The second kappa shape index (κ2) is 8.91. The fraction of sp³-hybridized carbons (Fsp3) is 0.125. The minimum Gasteiger partial charge on any atom is -0.508 e. The van der Waals surface area contributed by atoms with Crippen LogP contribution in [0.25, 0.3) is 0 Å². The van der Waals surface area contributed by atoms with Crippen LogP contribution in [0, 0.1) is 11.3 Å². The molecule has 0 fully saturated rings. The van der Waals surface area contributed by atoms with E-state index in [1.165, 1.54) is 19.2 Å². The molecule has 1 atom stereocenters. The lowest BCUT2D eigenvalue weighted by molar-refractivity contribution is 0.284. The summed E-state index contributed by atoms with van der Waals surface area (Å²) in [5, 5.41) is 20.6. The maximum absolute atomic E-state index is 9.81. The molecule has 0 amide bonds. The quantitative estimate of drug-likeness (QED) is 0.512. The topological polar surface area (TPSA) is 97.7 Å². The molecule has 4 rings (SSSR count). The first-order chi connectivity index (χ1) is 15.4. The number of allylic oxidation sites excluding steroid dienone is 1. The van der Waals surface area contributed by atoms with E-state index in [4.69, 9.17) is 43.1 Å². The Morgan fingerprint density at radius 3 is 2.62 bits per heavy atom. The summed E-state index contributed by atoms with van der Waals surface area (Å²) in [5.41, 5.74) is 8.51. The summed E-state index contributed by atoms with van der Waals surface area (Å²) >= 11 is 12.2. The number of hydrogen-bond donors (Lipinski definition) is 2. The summed E-state index contributed by atoms with van der Waals surface area (Å²) in [6.07, 6.45) is 0. The number of phenols is 1. The molecule has 1 heterocycles. The molecule has 0 saturated carbocycles. The SMILES string of the molecule is COc1cc([C@@H]2C(C#N)=C(N)Oc3cc(O)ccc32)ccc1OCc1ccc(Cl)cc1Cl. The second-order valence-electron chi connectivity index (χ2n) is 7.08. The highest BCUT2D eigenvalue weighted by atomic mass is 35.5. The Balaban J connectivity index is 1.68. The lowest BCUT2D eigenvalue weighted by Crippen LogP contribution is -2.21. The van der Waals surface area contributed by atoms with Crippen molar-refractivity contribution in [3.8, 4) is 29.1 Å². The molecular formula is C24H18Cl2N2O4. The number of hydrogen-bond acceptors (Lipinski definition) is 6. The lowest BCUT2D eigenvalue weighted by atomic mass is 9.83. The minimum atomic E-state index is -0.488. The van der Waals surface area contributed by atoms with Crippen molar-refractivity contribution >= 4 is 23.2 Å². The maximum atomic E-state index is 9.81. The molecular weight excluding hydrogens is 451 g/mol. The van der Waals surface area contributed by atoms with E-state index in [9.17, 15) is 10.4 Å². The van der Waals surface area contributed by atoms with Gasteiger partial charge in [0.2, 0.25) is 5.88 Å². The van der Waals surface area contributed by atoms with E-state index in [-0.39, 0.29) is 23.8 Å². The number of nitriles is 1. The largest absolute Gasteiger partial charge is 0.508 e. The van der Waals surface area contributed by atoms with Crippen LogP contribution in [-0.4, -0.2) is 12.2 Å². The molecule has 3 aromatic carbocycles. The molecule has 0 aromatic heterocycles. The first-order valence-electron chi connectivity index (χ1n) is 9.56. The predicted molar refractivity (Wildman–Crippen MR) is 121 cm³/mol. The van der Waals surface area contributed by atoms with Gasteiger partial charge in [-0.05, 0) is 35.9 Å². The molecule has 0 saturated heterocycles.